The number of carbonyl (C=O) groups is 1. The van der Waals surface area contributed by atoms with Crippen LogP contribution in [-0.2, 0) is 19.6 Å². The molecule has 6 nitrogen and oxygen atoms in total. The van der Waals surface area contributed by atoms with Crippen molar-refractivity contribution >= 4 is 21.7 Å². The van der Waals surface area contributed by atoms with Crippen molar-refractivity contribution in [2.75, 3.05) is 25.4 Å². The standard InChI is InChI=1S/C13H19FN2O4S/c1-4-16(8-12(17)20-5-2)21(18,19)11-7-10(15)6-9(3)13(11)14/h6-7H,4-5,8,15H2,1-3H3. The summed E-state index contributed by atoms with van der Waals surface area (Å²) in [5.74, 6) is -1.56. The summed E-state index contributed by atoms with van der Waals surface area (Å²) in [6.07, 6.45) is 0. The fourth-order valence-electron chi connectivity index (χ4n) is 1.81. The molecule has 1 rings (SSSR count). The highest BCUT2D eigenvalue weighted by molar-refractivity contribution is 7.89. The van der Waals surface area contributed by atoms with Crippen LogP contribution in [-0.4, -0.2) is 38.4 Å². The number of sulfonamides is 1. The van der Waals surface area contributed by atoms with Crippen LogP contribution in [0.3, 0.4) is 0 Å². The van der Waals surface area contributed by atoms with Crippen molar-refractivity contribution < 1.29 is 22.3 Å². The fraction of sp³-hybridized carbons (Fsp3) is 0.462. The predicted octanol–water partition coefficient (Wildman–Crippen LogP) is 1.29. The highest BCUT2D eigenvalue weighted by Gasteiger charge is 2.29. The van der Waals surface area contributed by atoms with Crippen molar-refractivity contribution in [3.8, 4) is 0 Å². The van der Waals surface area contributed by atoms with Crippen LogP contribution in [0, 0.1) is 12.7 Å². The third-order valence-electron chi connectivity index (χ3n) is 2.82. The normalized spacial score (nSPS) is 11.7. The van der Waals surface area contributed by atoms with Crippen molar-refractivity contribution in [3.05, 3.63) is 23.5 Å². The summed E-state index contributed by atoms with van der Waals surface area (Å²) in [7, 11) is -4.16. The molecule has 0 unspecified atom stereocenters. The van der Waals surface area contributed by atoms with E-state index in [9.17, 15) is 17.6 Å². The smallest absolute Gasteiger partial charge is 0.321 e. The van der Waals surface area contributed by atoms with Crippen LogP contribution in [0.4, 0.5) is 10.1 Å². The van der Waals surface area contributed by atoms with Gasteiger partial charge in [0.15, 0.2) is 0 Å². The van der Waals surface area contributed by atoms with E-state index in [4.69, 9.17) is 10.5 Å². The van der Waals surface area contributed by atoms with Gasteiger partial charge in [0.2, 0.25) is 10.0 Å². The van der Waals surface area contributed by atoms with Crippen molar-refractivity contribution in [2.45, 2.75) is 25.7 Å². The molecule has 2 N–H and O–H groups in total. The van der Waals surface area contributed by atoms with Gasteiger partial charge in [-0.3, -0.25) is 4.79 Å². The minimum Gasteiger partial charge on any atom is -0.465 e. The van der Waals surface area contributed by atoms with E-state index in [-0.39, 0.29) is 24.4 Å². The Kier molecular flexibility index (Phi) is 5.68. The summed E-state index contributed by atoms with van der Waals surface area (Å²) in [6, 6.07) is 2.39. The fourth-order valence-corrected chi connectivity index (χ4v) is 3.37. The lowest BCUT2D eigenvalue weighted by Gasteiger charge is -2.20. The zero-order valence-electron chi connectivity index (χ0n) is 12.2. The van der Waals surface area contributed by atoms with Crippen molar-refractivity contribution in [3.63, 3.8) is 0 Å². The number of nitrogens with zero attached hydrogens (tertiary/aromatic N) is 1. The molecule has 0 spiro atoms. The topological polar surface area (TPSA) is 89.7 Å². The van der Waals surface area contributed by atoms with E-state index in [2.05, 4.69) is 0 Å². The second-order valence-corrected chi connectivity index (χ2v) is 6.29. The first-order valence-corrected chi connectivity index (χ1v) is 7.89. The number of nitrogens with two attached hydrogens (primary N) is 1. The van der Waals surface area contributed by atoms with Gasteiger partial charge in [0, 0.05) is 12.2 Å². The number of esters is 1. The van der Waals surface area contributed by atoms with Crippen LogP contribution in [0.25, 0.3) is 0 Å². The van der Waals surface area contributed by atoms with E-state index in [0.29, 0.717) is 0 Å². The van der Waals surface area contributed by atoms with Gasteiger partial charge in [-0.15, -0.1) is 0 Å². The number of rotatable bonds is 6. The maximum atomic E-state index is 14.1. The summed E-state index contributed by atoms with van der Waals surface area (Å²) < 4.78 is 44.6. The van der Waals surface area contributed by atoms with Gasteiger partial charge in [0.25, 0.3) is 0 Å². The van der Waals surface area contributed by atoms with Crippen LogP contribution in [0.1, 0.15) is 19.4 Å². The van der Waals surface area contributed by atoms with Gasteiger partial charge in [0.05, 0.1) is 6.61 Å². The second-order valence-electron chi connectivity index (χ2n) is 4.39. The highest BCUT2D eigenvalue weighted by Crippen LogP contribution is 2.24. The Labute approximate surface area is 123 Å². The summed E-state index contributed by atoms with van der Waals surface area (Å²) in [4.78, 5) is 10.9. The van der Waals surface area contributed by atoms with Crippen molar-refractivity contribution in [1.82, 2.24) is 4.31 Å². The number of aryl methyl sites for hydroxylation is 1. The van der Waals surface area contributed by atoms with Crippen LogP contribution < -0.4 is 5.73 Å². The molecule has 1 aromatic carbocycles. The first-order valence-electron chi connectivity index (χ1n) is 6.45. The van der Waals surface area contributed by atoms with E-state index in [1.165, 1.54) is 13.0 Å². The molecule has 0 aliphatic heterocycles. The predicted molar refractivity (Wildman–Crippen MR) is 76.6 cm³/mol. The molecule has 0 saturated heterocycles. The Hall–Kier alpha value is -1.67. The Morgan fingerprint density at radius 1 is 1.38 bits per heavy atom. The zero-order chi connectivity index (χ0) is 16.2. The van der Waals surface area contributed by atoms with Crippen LogP contribution in [0.15, 0.2) is 17.0 Å². The van der Waals surface area contributed by atoms with E-state index in [0.717, 1.165) is 10.4 Å². The minimum atomic E-state index is -4.16. The molecule has 0 aliphatic carbocycles. The molecular weight excluding hydrogens is 299 g/mol. The molecule has 0 saturated carbocycles. The number of halogens is 1. The SMILES string of the molecule is CCOC(=O)CN(CC)S(=O)(=O)c1cc(N)cc(C)c1F. The van der Waals surface area contributed by atoms with E-state index < -0.39 is 33.3 Å². The average molecular weight is 318 g/mol. The van der Waals surface area contributed by atoms with Gasteiger partial charge in [-0.1, -0.05) is 6.92 Å². The third kappa shape index (κ3) is 3.92. The molecule has 8 heteroatoms. The molecule has 1 aromatic rings. The number of ether oxygens (including phenoxy) is 1. The minimum absolute atomic E-state index is 0.00837. The molecule has 21 heavy (non-hydrogen) atoms. The monoisotopic (exact) mass is 318 g/mol. The molecule has 0 atom stereocenters. The quantitative estimate of drug-likeness (QED) is 0.630. The Bertz CT molecular complexity index is 631. The molecule has 0 bridgehead atoms. The molecule has 0 aromatic heterocycles. The summed E-state index contributed by atoms with van der Waals surface area (Å²) >= 11 is 0. The number of nitrogen functional groups attached to an aromatic ring is 1. The number of likely N-dealkylation sites (N-methyl/N-ethyl adjacent to an activating group) is 1. The van der Waals surface area contributed by atoms with Gasteiger partial charge >= 0.3 is 5.97 Å². The molecule has 0 heterocycles. The molecule has 0 amide bonds. The first kappa shape index (κ1) is 17.4. The molecule has 0 radical (unpaired) electrons. The van der Waals surface area contributed by atoms with Crippen LogP contribution >= 0.6 is 0 Å². The molecular formula is C13H19FN2O4S. The average Bonchev–Trinajstić information content (AvgIpc) is 2.40. The van der Waals surface area contributed by atoms with E-state index in [1.807, 2.05) is 0 Å². The number of hydrogen-bond acceptors (Lipinski definition) is 5. The summed E-state index contributed by atoms with van der Waals surface area (Å²) in [6.45, 7) is 4.26. The van der Waals surface area contributed by atoms with Gasteiger partial charge in [-0.25, -0.2) is 12.8 Å². The zero-order valence-corrected chi connectivity index (χ0v) is 13.0. The number of carbonyl (C=O) groups excluding carboxylic acids is 1. The number of anilines is 1. The van der Waals surface area contributed by atoms with E-state index >= 15 is 0 Å². The molecule has 0 aliphatic rings. The van der Waals surface area contributed by atoms with Gasteiger partial charge < -0.3 is 10.5 Å². The molecule has 0 fully saturated rings. The Morgan fingerprint density at radius 2 is 2.00 bits per heavy atom. The third-order valence-corrected chi connectivity index (χ3v) is 4.74. The van der Waals surface area contributed by atoms with Crippen molar-refractivity contribution in [1.29, 1.82) is 0 Å². The lowest BCUT2D eigenvalue weighted by atomic mass is 10.2. The summed E-state index contributed by atoms with van der Waals surface area (Å²) in [5.41, 5.74) is 5.84. The summed E-state index contributed by atoms with van der Waals surface area (Å²) in [5, 5.41) is 0. The number of benzene rings is 1. The Morgan fingerprint density at radius 3 is 2.52 bits per heavy atom. The number of hydrogen-bond donors (Lipinski definition) is 1. The molecule has 118 valence electrons. The lowest BCUT2D eigenvalue weighted by molar-refractivity contribution is -0.143. The highest BCUT2D eigenvalue weighted by atomic mass is 32.2. The lowest BCUT2D eigenvalue weighted by Crippen LogP contribution is -2.36. The van der Waals surface area contributed by atoms with Crippen LogP contribution in [0.5, 0.6) is 0 Å². The maximum Gasteiger partial charge on any atom is 0.321 e. The van der Waals surface area contributed by atoms with Gasteiger partial charge in [0.1, 0.15) is 17.3 Å². The largest absolute Gasteiger partial charge is 0.465 e. The Balaban J connectivity index is 3.22. The van der Waals surface area contributed by atoms with Gasteiger partial charge in [-0.05, 0) is 31.5 Å². The maximum absolute atomic E-state index is 14.1. The second kappa shape index (κ2) is 6.86. The van der Waals surface area contributed by atoms with E-state index in [1.54, 1.807) is 13.8 Å². The van der Waals surface area contributed by atoms with Gasteiger partial charge in [-0.2, -0.15) is 4.31 Å². The van der Waals surface area contributed by atoms with Crippen LogP contribution in [0.2, 0.25) is 0 Å². The first-order chi connectivity index (χ1) is 9.73. The van der Waals surface area contributed by atoms with Crippen molar-refractivity contribution in [2.24, 2.45) is 0 Å².